The van der Waals surface area contributed by atoms with Gasteiger partial charge in [-0.05, 0) is 77.1 Å². The highest BCUT2D eigenvalue weighted by Gasteiger charge is 2.39. The molecule has 3 N–H and O–H groups in total. The molecule has 2 aromatic heterocycles. The van der Waals surface area contributed by atoms with Crippen molar-refractivity contribution in [3.8, 4) is 40.2 Å². The van der Waals surface area contributed by atoms with E-state index in [0.717, 1.165) is 27.8 Å². The summed E-state index contributed by atoms with van der Waals surface area (Å²) >= 11 is 13.4. The van der Waals surface area contributed by atoms with Gasteiger partial charge in [0.1, 0.15) is 55.5 Å². The Morgan fingerprint density at radius 2 is 1.25 bits per heavy atom. The van der Waals surface area contributed by atoms with E-state index in [2.05, 4.69) is 20.9 Å². The van der Waals surface area contributed by atoms with Gasteiger partial charge in [0, 0.05) is 73.2 Å². The lowest BCUT2D eigenvalue weighted by atomic mass is 9.91. The number of piperidine rings is 1. The third-order valence-corrected chi connectivity index (χ3v) is 11.1. The molecule has 3 heterocycles. The molecule has 320 valence electrons. The lowest BCUT2D eigenvalue weighted by molar-refractivity contribution is -0.163. The fraction of sp³-hybridized carbons (Fsp3) is 0.229. The maximum Gasteiger partial charge on any atom is 0.335 e. The molecule has 1 aliphatic rings. The Hall–Kier alpha value is -6.71. The summed E-state index contributed by atoms with van der Waals surface area (Å²) in [6.07, 6.45) is 6.37. The van der Waals surface area contributed by atoms with Crippen LogP contribution < -0.4 is 18.9 Å². The zero-order valence-corrected chi connectivity index (χ0v) is 35.4. The van der Waals surface area contributed by atoms with Crippen LogP contribution in [0.3, 0.4) is 0 Å². The van der Waals surface area contributed by atoms with Crippen molar-refractivity contribution in [3.63, 3.8) is 0 Å². The number of carboxylic acids is 1. The Morgan fingerprint density at radius 3 is 1.81 bits per heavy atom. The van der Waals surface area contributed by atoms with Crippen molar-refractivity contribution in [2.75, 3.05) is 13.1 Å². The second-order valence-electron chi connectivity index (χ2n) is 15.0. The van der Waals surface area contributed by atoms with Gasteiger partial charge in [-0.2, -0.15) is 5.26 Å². The number of carbonyl (C=O) groups is 1. The Kier molecular flexibility index (Phi) is 14.4. The van der Waals surface area contributed by atoms with E-state index in [9.17, 15) is 25.4 Å². The first-order valence-electron chi connectivity index (χ1n) is 19.8. The van der Waals surface area contributed by atoms with Crippen molar-refractivity contribution in [2.24, 2.45) is 0 Å². The van der Waals surface area contributed by atoms with Crippen molar-refractivity contribution in [2.45, 2.75) is 58.0 Å². The van der Waals surface area contributed by atoms with Crippen LogP contribution in [0.25, 0.3) is 16.0 Å². The van der Waals surface area contributed by atoms with Crippen LogP contribution in [0.4, 0.5) is 5.69 Å². The van der Waals surface area contributed by atoms with Crippen molar-refractivity contribution in [1.82, 2.24) is 14.9 Å². The maximum absolute atomic E-state index is 11.6. The highest BCUT2D eigenvalue weighted by Crippen LogP contribution is 2.37. The number of aliphatic hydroxyl groups excluding tert-OH is 1. The molecular formula is C48H41Cl2N5O8. The number of likely N-dealkylation sites (tertiary alicyclic amines) is 1. The number of rotatable bonds is 17. The normalized spacial score (nSPS) is 13.4. The number of hydrogen-bond donors (Lipinski definition) is 3. The predicted octanol–water partition coefficient (Wildman–Crippen LogP) is 9.09. The molecule has 0 bridgehead atoms. The highest BCUT2D eigenvalue weighted by molar-refractivity contribution is 6.32. The second-order valence-corrected chi connectivity index (χ2v) is 15.8. The van der Waals surface area contributed by atoms with Gasteiger partial charge in [0.2, 0.25) is 5.69 Å². The van der Waals surface area contributed by atoms with E-state index in [1.807, 2.05) is 53.4 Å². The van der Waals surface area contributed by atoms with Gasteiger partial charge in [-0.3, -0.25) is 14.9 Å². The van der Waals surface area contributed by atoms with Gasteiger partial charge < -0.3 is 34.3 Å². The van der Waals surface area contributed by atoms with Crippen LogP contribution in [-0.2, 0) is 44.4 Å². The average Bonchev–Trinajstić information content (AvgIpc) is 3.31. The summed E-state index contributed by atoms with van der Waals surface area (Å²) in [6.45, 7) is 8.83. The van der Waals surface area contributed by atoms with E-state index in [1.54, 1.807) is 48.8 Å². The van der Waals surface area contributed by atoms with Crippen LogP contribution in [-0.4, -0.2) is 54.8 Å². The summed E-state index contributed by atoms with van der Waals surface area (Å²) in [6, 6.07) is 28.1. The van der Waals surface area contributed by atoms with E-state index in [1.165, 1.54) is 12.4 Å². The molecular weight excluding hydrogens is 845 g/mol. The molecule has 0 unspecified atom stereocenters. The summed E-state index contributed by atoms with van der Waals surface area (Å²) in [5.41, 5.74) is 5.37. The SMILES string of the molecule is [C-]#[N+]c1cncc(COc2cc(OCc3cccc(-c4cccc(COc5cc(OCc6cncc(C#N)c6)c(CO)cc5Cl)c4)c3)c(Cl)cc2CN2CCC(O)(C(=O)O)CC2)c1. The van der Waals surface area contributed by atoms with Crippen LogP contribution in [0.2, 0.25) is 10.0 Å². The Labute approximate surface area is 374 Å². The monoisotopic (exact) mass is 885 g/mol. The number of halogens is 2. The first kappa shape index (κ1) is 44.3. The molecule has 15 heteroatoms. The Morgan fingerprint density at radius 1 is 0.730 bits per heavy atom. The molecule has 1 fully saturated rings. The van der Waals surface area contributed by atoms with Crippen LogP contribution in [0, 0.1) is 17.9 Å². The third kappa shape index (κ3) is 11.4. The number of carboxylic acid groups (broad SMARTS) is 1. The number of nitriles is 1. The molecule has 1 aliphatic heterocycles. The van der Waals surface area contributed by atoms with E-state index in [4.69, 9.17) is 48.7 Å². The van der Waals surface area contributed by atoms with Gasteiger partial charge in [0.15, 0.2) is 5.60 Å². The topological polar surface area (TPSA) is 172 Å². The second kappa shape index (κ2) is 20.4. The van der Waals surface area contributed by atoms with E-state index >= 15 is 0 Å². The molecule has 7 rings (SSSR count). The molecule has 6 aromatic rings. The van der Waals surface area contributed by atoms with Crippen LogP contribution >= 0.6 is 23.2 Å². The summed E-state index contributed by atoms with van der Waals surface area (Å²) in [7, 11) is 0. The lowest BCUT2D eigenvalue weighted by Gasteiger charge is -2.35. The highest BCUT2D eigenvalue weighted by atomic mass is 35.5. The van der Waals surface area contributed by atoms with Crippen LogP contribution in [0.1, 0.15) is 51.8 Å². The van der Waals surface area contributed by atoms with Gasteiger partial charge in [-0.25, -0.2) is 9.64 Å². The molecule has 0 aliphatic carbocycles. The number of hydrogen-bond acceptors (Lipinski definition) is 11. The molecule has 0 atom stereocenters. The van der Waals surface area contributed by atoms with Gasteiger partial charge in [-0.15, -0.1) is 0 Å². The van der Waals surface area contributed by atoms with Crippen molar-refractivity contribution >= 4 is 34.9 Å². The number of pyridine rings is 2. The van der Waals surface area contributed by atoms with E-state index in [0.29, 0.717) is 80.6 Å². The maximum atomic E-state index is 11.6. The minimum absolute atomic E-state index is 0.0907. The number of ether oxygens (including phenoxy) is 4. The summed E-state index contributed by atoms with van der Waals surface area (Å²) in [5.74, 6) is 0.454. The minimum atomic E-state index is -1.75. The van der Waals surface area contributed by atoms with E-state index in [-0.39, 0.29) is 45.9 Å². The largest absolute Gasteiger partial charge is 0.488 e. The van der Waals surface area contributed by atoms with E-state index < -0.39 is 11.6 Å². The number of aromatic nitrogens is 2. The van der Waals surface area contributed by atoms with Gasteiger partial charge >= 0.3 is 5.97 Å². The van der Waals surface area contributed by atoms with Gasteiger partial charge in [-0.1, -0.05) is 59.6 Å². The predicted molar refractivity (Wildman–Crippen MR) is 235 cm³/mol. The van der Waals surface area contributed by atoms with Gasteiger partial charge in [0.05, 0.1) is 28.8 Å². The molecule has 4 aromatic carbocycles. The molecule has 63 heavy (non-hydrogen) atoms. The van der Waals surface area contributed by atoms with Gasteiger partial charge in [0.25, 0.3) is 0 Å². The lowest BCUT2D eigenvalue weighted by Crippen LogP contribution is -2.49. The number of aliphatic hydroxyl groups is 2. The molecule has 1 saturated heterocycles. The van der Waals surface area contributed by atoms with Crippen molar-refractivity contribution in [1.29, 1.82) is 5.26 Å². The Balaban J connectivity index is 1.03. The molecule has 0 spiro atoms. The standard InChI is InChI=1S/C48H41Cl2N5O8/c1-52-40-15-35(23-54-24-40)30-60-43-18-45(41(49)16-38(43)25-55-10-8-48(59,9-11-55)47(57)58)62-27-31-4-2-6-36(13-31)37-7-3-5-32(14-37)28-63-46-19-44(39(26-56)17-42(46)50)61-29-34-12-33(20-51)21-53-22-34/h2-7,12-19,21-24,56,59H,8-11,25-30H2,(H,57,58). The molecule has 0 radical (unpaired) electrons. The zero-order chi connectivity index (χ0) is 44.3. The molecule has 13 nitrogen and oxygen atoms in total. The zero-order valence-electron chi connectivity index (χ0n) is 33.8. The van der Waals surface area contributed by atoms with Crippen molar-refractivity contribution < 1.29 is 39.1 Å². The van der Waals surface area contributed by atoms with Crippen molar-refractivity contribution in [3.05, 3.63) is 170 Å². The smallest absolute Gasteiger partial charge is 0.335 e. The van der Waals surface area contributed by atoms with Crippen LogP contribution in [0.5, 0.6) is 23.0 Å². The molecule has 0 saturated carbocycles. The number of aliphatic carboxylic acids is 1. The molecule has 0 amide bonds. The Bertz CT molecular complexity index is 2690. The quantitative estimate of drug-likeness (QED) is 0.0744. The minimum Gasteiger partial charge on any atom is -0.488 e. The third-order valence-electron chi connectivity index (χ3n) is 10.5. The average molecular weight is 887 g/mol. The number of benzene rings is 4. The summed E-state index contributed by atoms with van der Waals surface area (Å²) in [5, 5.41) is 39.8. The summed E-state index contributed by atoms with van der Waals surface area (Å²) in [4.78, 5) is 25.3. The fourth-order valence-corrected chi connectivity index (χ4v) is 7.47. The number of nitrogens with zero attached hydrogens (tertiary/aromatic N) is 5. The van der Waals surface area contributed by atoms with Crippen LogP contribution in [0.15, 0.2) is 110 Å². The summed E-state index contributed by atoms with van der Waals surface area (Å²) < 4.78 is 24.7. The first-order valence-corrected chi connectivity index (χ1v) is 20.6. The fourth-order valence-electron chi connectivity index (χ4n) is 6.99. The first-order chi connectivity index (χ1) is 30.5.